The quantitative estimate of drug-likeness (QED) is 0.771. The van der Waals surface area contributed by atoms with Crippen molar-refractivity contribution in [3.8, 4) is 0 Å². The number of halogens is 1. The van der Waals surface area contributed by atoms with Crippen LogP contribution in [-0.2, 0) is 14.8 Å². The van der Waals surface area contributed by atoms with Crippen LogP contribution in [0.2, 0.25) is 0 Å². The lowest BCUT2D eigenvalue weighted by Gasteiger charge is -2.37. The van der Waals surface area contributed by atoms with Crippen LogP contribution < -0.4 is 5.32 Å². The molecular formula is C18H25ClN2O5S. The van der Waals surface area contributed by atoms with Crippen molar-refractivity contribution in [3.05, 3.63) is 29.5 Å². The van der Waals surface area contributed by atoms with Gasteiger partial charge in [0.1, 0.15) is 5.58 Å². The molecule has 2 unspecified atom stereocenters. The Bertz CT molecular complexity index is 941. The number of hydrogen-bond acceptors (Lipinski definition) is 6. The summed E-state index contributed by atoms with van der Waals surface area (Å²) in [5.74, 6) is -0.435. The molecule has 27 heavy (non-hydrogen) atoms. The Morgan fingerprint density at radius 3 is 2.74 bits per heavy atom. The van der Waals surface area contributed by atoms with E-state index in [0.717, 1.165) is 0 Å². The summed E-state index contributed by atoms with van der Waals surface area (Å²) in [6.07, 6.45) is 0. The summed E-state index contributed by atoms with van der Waals surface area (Å²) in [4.78, 5) is 12.2. The zero-order chi connectivity index (χ0) is 19.1. The number of nitrogens with zero attached hydrogens (tertiary/aromatic N) is 1. The molecule has 1 aromatic heterocycles. The molecule has 1 fully saturated rings. The van der Waals surface area contributed by atoms with Gasteiger partial charge in [0.05, 0.1) is 11.5 Å². The average molecular weight is 417 g/mol. The molecule has 0 saturated carbocycles. The van der Waals surface area contributed by atoms with Crippen molar-refractivity contribution in [3.63, 3.8) is 0 Å². The number of esters is 1. The van der Waals surface area contributed by atoms with Crippen molar-refractivity contribution in [2.75, 3.05) is 19.7 Å². The van der Waals surface area contributed by atoms with Gasteiger partial charge in [-0.25, -0.2) is 13.2 Å². The lowest BCUT2D eigenvalue weighted by Crippen LogP contribution is -2.57. The Labute approximate surface area is 165 Å². The zero-order valence-corrected chi connectivity index (χ0v) is 17.4. The summed E-state index contributed by atoms with van der Waals surface area (Å²) in [6.45, 7) is 8.60. The number of benzene rings is 1. The van der Waals surface area contributed by atoms with Crippen molar-refractivity contribution >= 4 is 39.4 Å². The smallest absolute Gasteiger partial charge is 0.374 e. The van der Waals surface area contributed by atoms with Gasteiger partial charge >= 0.3 is 5.97 Å². The predicted molar refractivity (Wildman–Crippen MR) is 105 cm³/mol. The van der Waals surface area contributed by atoms with Gasteiger partial charge in [-0.2, -0.15) is 4.31 Å². The third kappa shape index (κ3) is 3.85. The van der Waals surface area contributed by atoms with Crippen molar-refractivity contribution in [1.82, 2.24) is 9.62 Å². The Balaban J connectivity index is 0.00000261. The maximum Gasteiger partial charge on any atom is 0.374 e. The number of carbonyl (C=O) groups is 1. The number of nitrogens with one attached hydrogen (secondary N) is 1. The second-order valence-corrected chi connectivity index (χ2v) is 8.42. The SMILES string of the molecule is CCOC(=O)c1oc2ccc(S(=O)(=O)N3CCNC(C)C3C)cc2c1C.Cl. The Kier molecular flexibility index (Phi) is 6.57. The number of rotatable bonds is 4. The fourth-order valence-electron chi connectivity index (χ4n) is 3.25. The van der Waals surface area contributed by atoms with Crippen LogP contribution in [0.4, 0.5) is 0 Å². The van der Waals surface area contributed by atoms with Gasteiger partial charge in [-0.15, -0.1) is 12.4 Å². The third-order valence-corrected chi connectivity index (χ3v) is 6.93. The minimum Gasteiger partial charge on any atom is -0.460 e. The van der Waals surface area contributed by atoms with Crippen LogP contribution >= 0.6 is 12.4 Å². The molecule has 1 aliphatic heterocycles. The van der Waals surface area contributed by atoms with Gasteiger partial charge in [0.25, 0.3) is 0 Å². The van der Waals surface area contributed by atoms with Crippen molar-refractivity contribution in [1.29, 1.82) is 0 Å². The first kappa shape index (κ1) is 21.7. The molecule has 3 rings (SSSR count). The zero-order valence-electron chi connectivity index (χ0n) is 15.8. The first-order valence-electron chi connectivity index (χ1n) is 8.73. The molecule has 1 N–H and O–H groups in total. The molecule has 150 valence electrons. The molecule has 0 amide bonds. The highest BCUT2D eigenvalue weighted by atomic mass is 35.5. The molecule has 0 bridgehead atoms. The van der Waals surface area contributed by atoms with E-state index < -0.39 is 16.0 Å². The van der Waals surface area contributed by atoms with E-state index in [1.54, 1.807) is 26.0 Å². The van der Waals surface area contributed by atoms with E-state index in [-0.39, 0.29) is 41.8 Å². The maximum absolute atomic E-state index is 13.1. The molecule has 1 aliphatic rings. The standard InChI is InChI=1S/C18H24N2O5S.ClH/c1-5-24-18(21)17-11(2)15-10-14(6-7-16(15)25-17)26(22,23)20-9-8-19-12(3)13(20)4;/h6-7,10,12-13,19H,5,8-9H2,1-4H3;1H. The number of piperazine rings is 1. The van der Waals surface area contributed by atoms with E-state index in [0.29, 0.717) is 29.6 Å². The average Bonchev–Trinajstić information content (AvgIpc) is 2.94. The number of furan rings is 1. The van der Waals surface area contributed by atoms with E-state index in [1.807, 2.05) is 13.8 Å². The number of ether oxygens (including phenoxy) is 1. The number of carbonyl (C=O) groups excluding carboxylic acids is 1. The van der Waals surface area contributed by atoms with Crippen molar-refractivity contribution in [2.24, 2.45) is 0 Å². The molecule has 2 heterocycles. The van der Waals surface area contributed by atoms with Crippen LogP contribution in [-0.4, -0.2) is 50.5 Å². The second-order valence-electron chi connectivity index (χ2n) is 6.53. The number of aryl methyl sites for hydroxylation is 1. The van der Waals surface area contributed by atoms with Gasteiger partial charge < -0.3 is 14.5 Å². The van der Waals surface area contributed by atoms with Crippen LogP contribution in [0.1, 0.15) is 36.9 Å². The highest BCUT2D eigenvalue weighted by Crippen LogP contribution is 2.30. The van der Waals surface area contributed by atoms with Crippen LogP contribution in [0, 0.1) is 6.92 Å². The minimum atomic E-state index is -3.64. The fraction of sp³-hybridized carbons (Fsp3) is 0.500. The lowest BCUT2D eigenvalue weighted by atomic mass is 10.1. The highest BCUT2D eigenvalue weighted by molar-refractivity contribution is 7.89. The molecule has 9 heteroatoms. The second kappa shape index (κ2) is 8.18. The number of sulfonamides is 1. The Hall–Kier alpha value is -1.61. The molecule has 2 aromatic rings. The fourth-order valence-corrected chi connectivity index (χ4v) is 4.98. The van der Waals surface area contributed by atoms with Gasteiger partial charge in [0.15, 0.2) is 0 Å². The summed E-state index contributed by atoms with van der Waals surface area (Å²) in [5.41, 5.74) is 1.04. The molecule has 1 aromatic carbocycles. The minimum absolute atomic E-state index is 0. The van der Waals surface area contributed by atoms with E-state index in [9.17, 15) is 13.2 Å². The normalized spacial score (nSPS) is 21.0. The van der Waals surface area contributed by atoms with Crippen LogP contribution in [0.15, 0.2) is 27.5 Å². The summed E-state index contributed by atoms with van der Waals surface area (Å²) in [5, 5.41) is 3.88. The lowest BCUT2D eigenvalue weighted by molar-refractivity contribution is 0.0491. The monoisotopic (exact) mass is 416 g/mol. The maximum atomic E-state index is 13.1. The molecule has 0 aliphatic carbocycles. The Morgan fingerprint density at radius 2 is 2.07 bits per heavy atom. The van der Waals surface area contributed by atoms with E-state index in [1.165, 1.54) is 10.4 Å². The summed E-state index contributed by atoms with van der Waals surface area (Å²) in [7, 11) is -3.64. The van der Waals surface area contributed by atoms with Crippen LogP contribution in [0.5, 0.6) is 0 Å². The third-order valence-electron chi connectivity index (χ3n) is 4.95. The first-order valence-corrected chi connectivity index (χ1v) is 10.2. The first-order chi connectivity index (χ1) is 12.3. The van der Waals surface area contributed by atoms with Crippen LogP contribution in [0.25, 0.3) is 11.0 Å². The molecule has 0 spiro atoms. The van der Waals surface area contributed by atoms with Gasteiger partial charge in [-0.05, 0) is 45.9 Å². The topological polar surface area (TPSA) is 88.8 Å². The largest absolute Gasteiger partial charge is 0.460 e. The number of fused-ring (bicyclic) bond motifs is 1. The highest BCUT2D eigenvalue weighted by Gasteiger charge is 2.34. The van der Waals surface area contributed by atoms with Crippen molar-refractivity contribution in [2.45, 2.75) is 44.7 Å². The predicted octanol–water partition coefficient (Wildman–Crippen LogP) is 2.71. The summed E-state index contributed by atoms with van der Waals surface area (Å²) in [6, 6.07) is 4.62. The number of hydrogen-bond donors (Lipinski definition) is 1. The van der Waals surface area contributed by atoms with E-state index in [2.05, 4.69) is 5.32 Å². The Morgan fingerprint density at radius 1 is 1.37 bits per heavy atom. The van der Waals surface area contributed by atoms with Crippen LogP contribution in [0.3, 0.4) is 0 Å². The molecular weight excluding hydrogens is 392 g/mol. The van der Waals surface area contributed by atoms with Gasteiger partial charge in [0.2, 0.25) is 15.8 Å². The summed E-state index contributed by atoms with van der Waals surface area (Å²) < 4.78 is 38.3. The van der Waals surface area contributed by atoms with E-state index in [4.69, 9.17) is 9.15 Å². The van der Waals surface area contributed by atoms with Gasteiger partial charge in [-0.1, -0.05) is 0 Å². The molecule has 1 saturated heterocycles. The molecule has 7 nitrogen and oxygen atoms in total. The van der Waals surface area contributed by atoms with Gasteiger partial charge in [-0.3, -0.25) is 0 Å². The molecule has 2 atom stereocenters. The van der Waals surface area contributed by atoms with Crippen molar-refractivity contribution < 1.29 is 22.4 Å². The van der Waals surface area contributed by atoms with E-state index >= 15 is 0 Å². The van der Waals surface area contributed by atoms with Gasteiger partial charge in [0, 0.05) is 36.1 Å². The summed E-state index contributed by atoms with van der Waals surface area (Å²) >= 11 is 0. The molecule has 0 radical (unpaired) electrons.